The molecule has 3 saturated carbocycles. The number of allylic oxidation sites excluding steroid dienone is 14. The lowest BCUT2D eigenvalue weighted by molar-refractivity contribution is -0.252. The van der Waals surface area contributed by atoms with Crippen LogP contribution in [0.25, 0.3) is 0 Å². The van der Waals surface area contributed by atoms with Crippen molar-refractivity contribution in [3.8, 4) is 12.3 Å². The molecule has 580 valence electrons. The lowest BCUT2D eigenvalue weighted by atomic mass is 9.69. The largest absolute Gasteiger partial charge is 0.466 e. The van der Waals surface area contributed by atoms with Crippen LogP contribution in [0, 0.1) is 59.7 Å². The topological polar surface area (TPSA) is 310 Å². The number of rotatable bonds is 6. The van der Waals surface area contributed by atoms with Gasteiger partial charge in [-0.3, -0.25) is 9.59 Å². The zero-order chi connectivity index (χ0) is 79.2. The van der Waals surface area contributed by atoms with Crippen LogP contribution in [0.2, 0.25) is 0 Å². The van der Waals surface area contributed by atoms with Gasteiger partial charge in [0.1, 0.15) is 12.4 Å². The van der Waals surface area contributed by atoms with E-state index in [1.54, 1.807) is 0 Å². The number of aldehydes is 1. The number of nitrogens with zero attached hydrogens (tertiary/aromatic N) is 2. The lowest BCUT2D eigenvalue weighted by Gasteiger charge is -2.38. The van der Waals surface area contributed by atoms with Crippen molar-refractivity contribution in [1.29, 1.82) is 1.28 Å². The molecular formula is C83H131N2O17P. The Morgan fingerprint density at radius 2 is 1.09 bits per heavy atom. The Bertz CT molecular complexity index is 3180. The van der Waals surface area contributed by atoms with Gasteiger partial charge in [-0.15, -0.1) is 15.6 Å². The van der Waals surface area contributed by atoms with Crippen LogP contribution in [-0.4, -0.2) is 138 Å². The number of methoxy groups -OCH3 is 2. The molecule has 0 saturated heterocycles. The van der Waals surface area contributed by atoms with Crippen LogP contribution in [-0.2, 0) is 52.6 Å². The summed E-state index contributed by atoms with van der Waals surface area (Å²) in [6.45, 7) is 58.3. The Kier molecular flexibility index (Phi) is 49.9. The first-order valence-corrected chi connectivity index (χ1v) is 35.4. The molecule has 1 heterocycles. The van der Waals surface area contributed by atoms with E-state index in [2.05, 4.69) is 141 Å². The van der Waals surface area contributed by atoms with Crippen LogP contribution in [0.4, 0.5) is 0 Å². The number of azo groups is 1. The second-order valence-corrected chi connectivity index (χ2v) is 28.6. The van der Waals surface area contributed by atoms with Gasteiger partial charge in [-0.05, 0) is 190 Å². The number of carbonyl (C=O) groups is 4. The Hall–Kier alpha value is -6.93. The molecular weight excluding hydrogens is 1330 g/mol. The Labute approximate surface area is 622 Å². The van der Waals surface area contributed by atoms with Crippen LogP contribution in [0.1, 0.15) is 214 Å². The molecule has 0 amide bonds. The summed E-state index contributed by atoms with van der Waals surface area (Å²) < 4.78 is 19.9. The zero-order valence-electron chi connectivity index (χ0n) is 64.6. The van der Waals surface area contributed by atoms with E-state index in [1.807, 2.05) is 33.5 Å². The summed E-state index contributed by atoms with van der Waals surface area (Å²) >= 11 is 0. The van der Waals surface area contributed by atoms with E-state index in [-0.39, 0.29) is 70.6 Å². The second kappa shape index (κ2) is 51.3. The highest BCUT2D eigenvalue weighted by Crippen LogP contribution is 2.45. The summed E-state index contributed by atoms with van der Waals surface area (Å²) in [7, 11) is 3.17. The first kappa shape index (κ1) is 100. The van der Waals surface area contributed by atoms with E-state index < -0.39 is 29.7 Å². The van der Waals surface area contributed by atoms with Crippen LogP contribution >= 0.6 is 9.18 Å². The van der Waals surface area contributed by atoms with Crippen molar-refractivity contribution in [2.75, 3.05) is 34.0 Å². The molecule has 0 aromatic heterocycles. The number of carbonyl (C=O) groups excluding carboxylic acids is 8. The van der Waals surface area contributed by atoms with Crippen LogP contribution in [0.3, 0.4) is 0 Å². The van der Waals surface area contributed by atoms with Crippen molar-refractivity contribution in [3.63, 3.8) is 0 Å². The molecule has 1 unspecified atom stereocenters. The molecule has 20 heteroatoms. The van der Waals surface area contributed by atoms with Crippen molar-refractivity contribution >= 4 is 46.2 Å². The maximum atomic E-state index is 11.3. The lowest BCUT2D eigenvalue weighted by Crippen LogP contribution is -2.53. The molecule has 6 N–H and O–H groups in total. The molecule has 0 aromatic carbocycles. The van der Waals surface area contributed by atoms with Crippen molar-refractivity contribution in [2.45, 2.75) is 249 Å². The van der Waals surface area contributed by atoms with E-state index in [4.69, 9.17) is 52.0 Å². The third-order valence-electron chi connectivity index (χ3n) is 20.2. The number of aliphatic hydroxyl groups is 6. The van der Waals surface area contributed by atoms with Crippen molar-refractivity contribution < 1.29 is 83.2 Å². The van der Waals surface area contributed by atoms with Gasteiger partial charge in [0.25, 0.3) is 6.47 Å². The standard InChI is InChI=1S/C11H16O2.C11H14.C10H16N2.C10H14O2.C10H16O.C10H14O.C9H16O.C7H12O6.2CO2.CH5P.2CH4/c1-7-5-9(3)10(6-8(7)2)11(12)13-4;1-5-11-7-9(3)8(2)6-10(11)4;1-7-4-9-6-11-12-10(9,3)5-8(7)2;1-7-4-5-9(6-8(7)2)10(11)12-3;2*1-7-4-9(3)10(6-11)5-8(7)2;1-7-4-5-9(3,10)6-8(7)2;8-3-13-7(12)1-4(9)6(11)5(10)2-7;2*2-1-3;1-2;;/h8H,1,5-6H2,2-4H3;1,9H,2,6-7H2,3-4H3;8-9H,1,4-6H2,2-3H3;5,8H,1,4,6H2,2-3H3;8,11H,1,4-6H2,2-3H3;6,8H,1,4-5H2,2-3H3;8,10H,1,4-6H2,2-3H3;3-6,9-12H,1-2H2;;;2H2,1H3;2*1H4/t8-;9-;8-,9-,10-;3*8-;8-,9+;4-,5-,6?,7?;;;;;/m11111111...../s1/i;;;;;;;;;;2D;;. The van der Waals surface area contributed by atoms with Gasteiger partial charge in [0.05, 0.1) is 52.0 Å². The Balaban J connectivity index is -0.000000539. The SMILES string of the molecule is C.C.C#CC1=C(C)CC(=C)[C@H](C)C1.C=C1CC(C)=C(C(=O)OC)C[C@H]1C.C=C1CC(C)=C(C=O)C[C@H]1C.C=C1CC(C)=C(CO)C[C@H]1C.C=C1CC=C(C(=O)OC)C[C@H]1C.C=C1CC[C@](C)(O)C[C@H]1C.C=C1C[C@@H]2CN=N[C@]2(C)C[C@H]1C.O=C=O.O=C=O.O=COC1(O)C[C@@H](O)C(O)[C@H](O)C1.[2H]PC. The van der Waals surface area contributed by atoms with E-state index in [1.165, 1.54) is 81.1 Å². The summed E-state index contributed by atoms with van der Waals surface area (Å²) in [4.78, 5) is 75.4. The van der Waals surface area contributed by atoms with E-state index >= 15 is 0 Å². The molecule has 9 rings (SSSR count). The fourth-order valence-electron chi connectivity index (χ4n) is 12.7. The van der Waals surface area contributed by atoms with Crippen LogP contribution in [0.15, 0.2) is 152 Å². The molecule has 0 aromatic rings. The molecule has 19 nitrogen and oxygen atoms in total. The highest BCUT2D eigenvalue weighted by molar-refractivity contribution is 7.15. The first-order chi connectivity index (χ1) is 47.5. The quantitative estimate of drug-likeness (QED) is 0.0274. The fraction of sp³-hybridized carbons (Fsp3) is 0.614. The zero-order valence-corrected chi connectivity index (χ0v) is 64.6. The molecule has 3 fully saturated rings. The van der Waals surface area contributed by atoms with E-state index in [0.29, 0.717) is 56.5 Å². The van der Waals surface area contributed by atoms with Crippen LogP contribution < -0.4 is 0 Å². The highest BCUT2D eigenvalue weighted by Gasteiger charge is 2.46. The number of terminal acetylenes is 1. The number of aliphatic hydroxyl groups excluding tert-OH is 4. The number of ether oxygens (including phenoxy) is 3. The minimum Gasteiger partial charge on any atom is -0.466 e. The Morgan fingerprint density at radius 1 is 0.641 bits per heavy atom. The molecule has 13 atom stereocenters. The number of esters is 2. The highest BCUT2D eigenvalue weighted by atomic mass is 31.0. The summed E-state index contributed by atoms with van der Waals surface area (Å²) in [6, 6.07) is 0. The molecule has 0 radical (unpaired) electrons. The monoisotopic (exact) mass is 1460 g/mol. The average Bonchev–Trinajstić information content (AvgIpc) is 1.60. The summed E-state index contributed by atoms with van der Waals surface area (Å²) in [5.74, 6) is 4.68. The summed E-state index contributed by atoms with van der Waals surface area (Å²) in [5.41, 5.74) is 18.6. The van der Waals surface area contributed by atoms with Crippen molar-refractivity contribution in [3.05, 3.63) is 141 Å². The van der Waals surface area contributed by atoms with Gasteiger partial charge in [-0.1, -0.05) is 189 Å². The predicted molar refractivity (Wildman–Crippen MR) is 413 cm³/mol. The van der Waals surface area contributed by atoms with Gasteiger partial charge >= 0.3 is 24.2 Å². The smallest absolute Gasteiger partial charge is 0.373 e. The van der Waals surface area contributed by atoms with Gasteiger partial charge in [-0.25, -0.2) is 9.59 Å². The summed E-state index contributed by atoms with van der Waals surface area (Å²) in [5, 5.41) is 63.9. The minimum atomic E-state index is -1.88. The predicted octanol–water partition coefficient (Wildman–Crippen LogP) is 15.5. The fourth-order valence-corrected chi connectivity index (χ4v) is 12.7. The molecule has 1 aliphatic heterocycles. The second-order valence-electron chi connectivity index (χ2n) is 28.6. The molecule has 9 aliphatic rings. The van der Waals surface area contributed by atoms with Gasteiger partial charge in [0.15, 0.2) is 0 Å². The molecule has 0 bridgehead atoms. The number of hydrogen-bond donors (Lipinski definition) is 6. The van der Waals surface area contributed by atoms with Crippen molar-refractivity contribution in [1.82, 2.24) is 0 Å². The molecule has 0 spiro atoms. The summed E-state index contributed by atoms with van der Waals surface area (Å²) in [6.07, 6.45) is 18.3. The van der Waals surface area contributed by atoms with E-state index in [9.17, 15) is 29.4 Å². The molecule has 8 aliphatic carbocycles. The van der Waals surface area contributed by atoms with E-state index in [0.717, 1.165) is 131 Å². The molecule has 103 heavy (non-hydrogen) atoms. The third kappa shape index (κ3) is 36.1. The Morgan fingerprint density at radius 3 is 1.53 bits per heavy atom. The third-order valence-corrected chi connectivity index (χ3v) is 20.2. The maximum absolute atomic E-state index is 11.3. The normalized spacial score (nSPS) is 29.6. The van der Waals surface area contributed by atoms with Crippen molar-refractivity contribution in [2.24, 2.45) is 57.6 Å². The number of hydrogen-bond acceptors (Lipinski definition) is 19. The van der Waals surface area contributed by atoms with Crippen LogP contribution in [0.5, 0.6) is 0 Å². The maximum Gasteiger partial charge on any atom is 0.373 e. The first-order valence-electron chi connectivity index (χ1n) is 34.9. The number of fused-ring (bicyclic) bond motifs is 1. The van der Waals surface area contributed by atoms with Gasteiger partial charge in [0.2, 0.25) is 5.79 Å². The van der Waals surface area contributed by atoms with Gasteiger partial charge < -0.3 is 44.8 Å². The van der Waals surface area contributed by atoms with Gasteiger partial charge in [0, 0.05) is 35.5 Å². The minimum absolute atomic E-state index is 0. The average molecular weight is 1460 g/mol. The van der Waals surface area contributed by atoms with Gasteiger partial charge in [-0.2, -0.15) is 29.4 Å².